The van der Waals surface area contributed by atoms with Crippen molar-refractivity contribution in [2.24, 2.45) is 0 Å². The summed E-state index contributed by atoms with van der Waals surface area (Å²) in [6, 6.07) is 11.5. The summed E-state index contributed by atoms with van der Waals surface area (Å²) in [5, 5.41) is 0. The number of benzene rings is 2. The third kappa shape index (κ3) is 16.6. The molecule has 15 nitrogen and oxygen atoms in total. The number of fused-ring (bicyclic) bond motifs is 2. The van der Waals surface area contributed by atoms with Gasteiger partial charge in [0.05, 0.1) is 41.5 Å². The van der Waals surface area contributed by atoms with E-state index in [0.717, 1.165) is 39.5 Å². The van der Waals surface area contributed by atoms with Gasteiger partial charge in [-0.15, -0.1) is 0 Å². The number of anilines is 2. The van der Waals surface area contributed by atoms with Gasteiger partial charge in [-0.3, -0.25) is 4.55 Å². The maximum atomic E-state index is 11.6. The van der Waals surface area contributed by atoms with Crippen LogP contribution in [-0.2, 0) is 51.3 Å². The molecule has 2 aromatic rings. The van der Waals surface area contributed by atoms with Gasteiger partial charge in [0.25, 0.3) is 10.1 Å². The molecule has 0 saturated carbocycles. The van der Waals surface area contributed by atoms with Crippen LogP contribution in [0.25, 0.3) is 0 Å². The summed E-state index contributed by atoms with van der Waals surface area (Å²) in [7, 11) is -17.7. The van der Waals surface area contributed by atoms with Gasteiger partial charge >= 0.3 is 154 Å². The van der Waals surface area contributed by atoms with E-state index in [0.29, 0.717) is 12.2 Å². The summed E-state index contributed by atoms with van der Waals surface area (Å²) in [5.41, 5.74) is 5.60. The molecule has 0 atom stereocenters. The molecule has 0 fully saturated rings. The van der Waals surface area contributed by atoms with Gasteiger partial charge < -0.3 is 23.5 Å². The van der Waals surface area contributed by atoms with Crippen molar-refractivity contribution in [3.63, 3.8) is 0 Å². The largest absolute Gasteiger partial charge is 1.00 e. The Hall–Kier alpha value is 1.74. The molecule has 2 heterocycles. The van der Waals surface area contributed by atoms with E-state index in [9.17, 15) is 51.9 Å². The average molecular weight is 961 g/mol. The number of allylic oxidation sites excluding steroid dienone is 4. The van der Waals surface area contributed by atoms with Crippen molar-refractivity contribution in [2.45, 2.75) is 71.1 Å². The van der Waals surface area contributed by atoms with E-state index in [2.05, 4.69) is 19.9 Å². The zero-order valence-electron chi connectivity index (χ0n) is 34.6. The molecule has 4 rings (SSSR count). The minimum atomic E-state index is -4.51. The Morgan fingerprint density at radius 2 is 1.28 bits per heavy atom. The predicted octanol–water partition coefficient (Wildman–Crippen LogP) is -5.49. The van der Waals surface area contributed by atoms with E-state index in [1.165, 1.54) is 0 Å². The molecule has 0 bridgehead atoms. The van der Waals surface area contributed by atoms with Crippen molar-refractivity contribution in [2.75, 3.05) is 59.0 Å². The SMILES string of the molecule is Cc1ccc2c(c1)C(C)(C)/C(=C\C=C\C1=[N+](CCCS(=O)(=O)[O-])c3ccc(N(CCCS(=O)(=O)[O-])CCCS(=O)(=O)[O-])cc3C1(C)C)N2CCCS(=O)(=O)O.[K+].[K+].[K+]. The van der Waals surface area contributed by atoms with Crippen LogP contribution in [0.4, 0.5) is 17.1 Å². The van der Waals surface area contributed by atoms with Crippen molar-refractivity contribution in [1.82, 2.24) is 0 Å². The zero-order valence-corrected chi connectivity index (χ0v) is 47.2. The minimum absolute atomic E-state index is 0. The fourth-order valence-corrected chi connectivity index (χ4v) is 9.34. The van der Waals surface area contributed by atoms with E-state index in [-0.39, 0.29) is 199 Å². The van der Waals surface area contributed by atoms with Gasteiger partial charge in [0, 0.05) is 83.5 Å². The molecule has 2 aliphatic rings. The molecule has 58 heavy (non-hydrogen) atoms. The van der Waals surface area contributed by atoms with Gasteiger partial charge in [-0.05, 0) is 69.9 Å². The van der Waals surface area contributed by atoms with Crippen molar-refractivity contribution in [1.29, 1.82) is 0 Å². The maximum absolute atomic E-state index is 11.6. The molecule has 0 unspecified atom stereocenters. The molecule has 2 aliphatic heterocycles. The molecule has 22 heteroatoms. The van der Waals surface area contributed by atoms with Gasteiger partial charge in [-0.25, -0.2) is 25.3 Å². The Morgan fingerprint density at radius 3 is 1.81 bits per heavy atom. The van der Waals surface area contributed by atoms with Crippen LogP contribution in [-0.4, -0.2) is 111 Å². The Labute approximate surface area is 472 Å². The fraction of sp³-hybridized carbons (Fsp3) is 0.528. The average Bonchev–Trinajstić information content (AvgIpc) is 3.36. The van der Waals surface area contributed by atoms with Crippen LogP contribution in [0.15, 0.2) is 60.3 Å². The van der Waals surface area contributed by atoms with Crippen LogP contribution >= 0.6 is 0 Å². The number of nitrogens with zero attached hydrogens (tertiary/aromatic N) is 3. The van der Waals surface area contributed by atoms with E-state index in [1.54, 1.807) is 17.0 Å². The zero-order chi connectivity index (χ0) is 41.2. The van der Waals surface area contributed by atoms with Gasteiger partial charge in [-0.1, -0.05) is 37.6 Å². The van der Waals surface area contributed by atoms with Crippen molar-refractivity contribution < 1.29 is 211 Å². The van der Waals surface area contributed by atoms with Crippen molar-refractivity contribution >= 4 is 63.2 Å². The van der Waals surface area contributed by atoms with Gasteiger partial charge in [-0.2, -0.15) is 13.0 Å². The molecule has 2 aromatic carbocycles. The first-order valence-electron chi connectivity index (χ1n) is 17.8. The van der Waals surface area contributed by atoms with E-state index < -0.39 is 74.3 Å². The maximum Gasteiger partial charge on any atom is 1.00 e. The number of aryl methyl sites for hydroxylation is 1. The molecule has 0 radical (unpaired) electrons. The second-order valence-electron chi connectivity index (χ2n) is 15.0. The standard InChI is InChI=1S/C36H51N3O12S4.3K/c1-27-13-15-31-29(25-27)35(2,3)33(38(31)19-9-23-54(46,47)48)11-6-12-34-36(4,5)30-26-28(14-16-32(30)39(34)20-10-24-55(49,50)51)37(17-7-21-52(40,41)42)18-8-22-53(43,44)45;;;/h6,11-16,25-26H,7-10,17-24H2,1-5H3,(H3-,40,41,42,43,44,45,46,47,48,49,50,51);;;/q;3*+1/p-2. The van der Waals surface area contributed by atoms with Crippen LogP contribution in [0.1, 0.15) is 70.1 Å². The van der Waals surface area contributed by atoms with Crippen LogP contribution in [0.2, 0.25) is 0 Å². The van der Waals surface area contributed by atoms with Gasteiger partial charge in [0.15, 0.2) is 5.71 Å². The summed E-state index contributed by atoms with van der Waals surface area (Å²) in [5.74, 6) is -2.24. The molecule has 0 aromatic heterocycles. The Morgan fingerprint density at radius 1 is 0.724 bits per heavy atom. The summed E-state index contributed by atoms with van der Waals surface area (Å²) in [6.45, 7) is 10.7. The Balaban J connectivity index is 0.00000561. The van der Waals surface area contributed by atoms with Crippen molar-refractivity contribution in [3.8, 4) is 0 Å². The van der Waals surface area contributed by atoms with E-state index in [4.69, 9.17) is 0 Å². The number of rotatable bonds is 19. The van der Waals surface area contributed by atoms with Gasteiger partial charge in [0.1, 0.15) is 6.54 Å². The monoisotopic (exact) mass is 960 g/mol. The molecule has 0 spiro atoms. The van der Waals surface area contributed by atoms with Crippen molar-refractivity contribution in [3.05, 3.63) is 77.0 Å². The quantitative estimate of drug-likeness (QED) is 0.0787. The number of hydrogen-bond acceptors (Lipinski definition) is 13. The molecule has 0 aliphatic carbocycles. The Bertz CT molecular complexity index is 2290. The first-order valence-corrected chi connectivity index (χ1v) is 24.1. The normalized spacial score (nSPS) is 16.8. The molecular formula is C36H49K3N3O12S4+. The minimum Gasteiger partial charge on any atom is -0.748 e. The summed E-state index contributed by atoms with van der Waals surface area (Å²) >= 11 is 0. The third-order valence-corrected chi connectivity index (χ3v) is 13.2. The van der Waals surface area contributed by atoms with Crippen LogP contribution in [0.3, 0.4) is 0 Å². The smallest absolute Gasteiger partial charge is 0.748 e. The molecule has 1 N–H and O–H groups in total. The predicted molar refractivity (Wildman–Crippen MR) is 209 cm³/mol. The first-order chi connectivity index (χ1) is 25.2. The fourth-order valence-electron chi connectivity index (χ4n) is 7.40. The summed E-state index contributed by atoms with van der Waals surface area (Å²) in [4.78, 5) is 3.76. The van der Waals surface area contributed by atoms with E-state index in [1.807, 2.05) is 66.7 Å². The van der Waals surface area contributed by atoms with Gasteiger partial charge in [0.2, 0.25) is 5.69 Å². The number of hydrogen-bond donors (Lipinski definition) is 1. The first kappa shape index (κ1) is 57.8. The molecular weight excluding hydrogens is 912 g/mol. The van der Waals surface area contributed by atoms with Crippen LogP contribution in [0, 0.1) is 6.92 Å². The summed E-state index contributed by atoms with van der Waals surface area (Å²) in [6.07, 6.45) is 5.85. The molecule has 0 saturated heterocycles. The molecule has 0 amide bonds. The second kappa shape index (κ2) is 23.3. The Kier molecular flexibility index (Phi) is 23.2. The van der Waals surface area contributed by atoms with E-state index >= 15 is 0 Å². The third-order valence-electron chi connectivity index (χ3n) is 10.0. The van der Waals surface area contributed by atoms with Crippen LogP contribution < -0.4 is 164 Å². The van der Waals surface area contributed by atoms with Crippen LogP contribution in [0.5, 0.6) is 0 Å². The topological polar surface area (TPSA) is 235 Å². The summed E-state index contributed by atoms with van der Waals surface area (Å²) < 4.78 is 137. The molecule has 306 valence electrons. The second-order valence-corrected chi connectivity index (χ2v) is 21.2.